The zero-order valence-corrected chi connectivity index (χ0v) is 13.1. The van der Waals surface area contributed by atoms with Gasteiger partial charge in [-0.25, -0.2) is 0 Å². The topological polar surface area (TPSA) is 15.3 Å². The van der Waals surface area contributed by atoms with E-state index in [2.05, 4.69) is 31.0 Å². The summed E-state index contributed by atoms with van der Waals surface area (Å²) in [7, 11) is 0. The van der Waals surface area contributed by atoms with Crippen LogP contribution in [0.1, 0.15) is 52.9 Å². The lowest BCUT2D eigenvalue weighted by molar-refractivity contribution is 0.0913. The van der Waals surface area contributed by atoms with Gasteiger partial charge in [0.25, 0.3) is 0 Å². The second kappa shape index (κ2) is 5.73. The molecule has 0 bridgehead atoms. The van der Waals surface area contributed by atoms with Gasteiger partial charge < -0.3 is 5.32 Å². The molecule has 0 spiro atoms. The van der Waals surface area contributed by atoms with Crippen molar-refractivity contribution in [1.29, 1.82) is 0 Å². The Kier molecular flexibility index (Phi) is 4.19. The third-order valence-corrected chi connectivity index (χ3v) is 5.96. The van der Waals surface area contributed by atoms with E-state index >= 15 is 0 Å². The van der Waals surface area contributed by atoms with Crippen molar-refractivity contribution in [3.63, 3.8) is 0 Å². The van der Waals surface area contributed by atoms with Crippen molar-refractivity contribution in [2.75, 3.05) is 19.6 Å². The lowest BCUT2D eigenvalue weighted by Crippen LogP contribution is -2.58. The molecule has 0 radical (unpaired) electrons. The summed E-state index contributed by atoms with van der Waals surface area (Å²) < 4.78 is 0. The van der Waals surface area contributed by atoms with Crippen LogP contribution >= 0.6 is 0 Å². The molecule has 3 aliphatic rings. The Morgan fingerprint density at radius 2 is 1.79 bits per heavy atom. The lowest BCUT2D eigenvalue weighted by atomic mass is 9.92. The maximum atomic E-state index is 3.77. The second-order valence-electron chi connectivity index (χ2n) is 7.54. The van der Waals surface area contributed by atoms with Crippen LogP contribution in [0.4, 0.5) is 0 Å². The van der Waals surface area contributed by atoms with Gasteiger partial charge in [-0.2, -0.15) is 0 Å². The van der Waals surface area contributed by atoms with E-state index in [1.807, 2.05) is 0 Å². The van der Waals surface area contributed by atoms with Crippen LogP contribution in [0.5, 0.6) is 0 Å². The molecule has 1 N–H and O–H groups in total. The average molecular weight is 264 g/mol. The SMILES string of the molecule is CCC(C)C1CN(CC(C2CC2)C2CC2)C(C)CN1. The number of nitrogens with zero attached hydrogens (tertiary/aromatic N) is 1. The molecule has 0 aromatic rings. The molecule has 0 aromatic heterocycles. The van der Waals surface area contributed by atoms with Gasteiger partial charge in [0.2, 0.25) is 0 Å². The minimum atomic E-state index is 0.722. The summed E-state index contributed by atoms with van der Waals surface area (Å²) in [4.78, 5) is 2.81. The first kappa shape index (κ1) is 13.9. The molecule has 0 amide bonds. The third kappa shape index (κ3) is 3.33. The summed E-state index contributed by atoms with van der Waals surface area (Å²) in [5, 5.41) is 3.77. The Labute approximate surface area is 119 Å². The van der Waals surface area contributed by atoms with Crippen molar-refractivity contribution in [3.05, 3.63) is 0 Å². The number of hydrogen-bond acceptors (Lipinski definition) is 2. The minimum Gasteiger partial charge on any atom is -0.311 e. The minimum absolute atomic E-state index is 0.722. The van der Waals surface area contributed by atoms with E-state index in [0.29, 0.717) is 0 Å². The van der Waals surface area contributed by atoms with Crippen molar-refractivity contribution in [2.24, 2.45) is 23.7 Å². The zero-order valence-electron chi connectivity index (χ0n) is 13.1. The van der Waals surface area contributed by atoms with Gasteiger partial charge in [0, 0.05) is 31.7 Å². The summed E-state index contributed by atoms with van der Waals surface area (Å²) in [6.07, 6.45) is 7.40. The van der Waals surface area contributed by atoms with Crippen LogP contribution in [-0.2, 0) is 0 Å². The maximum absolute atomic E-state index is 3.77. The van der Waals surface area contributed by atoms with E-state index in [9.17, 15) is 0 Å². The molecule has 3 atom stereocenters. The van der Waals surface area contributed by atoms with E-state index in [-0.39, 0.29) is 0 Å². The van der Waals surface area contributed by atoms with Crippen LogP contribution in [0.2, 0.25) is 0 Å². The van der Waals surface area contributed by atoms with Crippen LogP contribution in [0.15, 0.2) is 0 Å². The van der Waals surface area contributed by atoms with Crippen LogP contribution in [-0.4, -0.2) is 36.6 Å². The first-order valence-electron chi connectivity index (χ1n) is 8.66. The molecule has 3 unspecified atom stereocenters. The highest BCUT2D eigenvalue weighted by Gasteiger charge is 2.43. The summed E-state index contributed by atoms with van der Waals surface area (Å²) in [5.41, 5.74) is 0. The molecule has 2 saturated carbocycles. The summed E-state index contributed by atoms with van der Waals surface area (Å²) in [6, 6.07) is 1.46. The van der Waals surface area contributed by atoms with Gasteiger partial charge in [0.15, 0.2) is 0 Å². The number of hydrogen-bond donors (Lipinski definition) is 1. The highest BCUT2D eigenvalue weighted by molar-refractivity contribution is 4.95. The predicted molar refractivity (Wildman–Crippen MR) is 81.2 cm³/mol. The maximum Gasteiger partial charge on any atom is 0.0221 e. The molecule has 3 fully saturated rings. The van der Waals surface area contributed by atoms with Crippen molar-refractivity contribution >= 4 is 0 Å². The summed E-state index contributed by atoms with van der Waals surface area (Å²) >= 11 is 0. The average Bonchev–Trinajstić information content (AvgIpc) is 3.29. The normalized spacial score (nSPS) is 34.7. The molecule has 110 valence electrons. The molecule has 2 nitrogen and oxygen atoms in total. The van der Waals surface area contributed by atoms with Crippen molar-refractivity contribution in [2.45, 2.75) is 65.0 Å². The van der Waals surface area contributed by atoms with Gasteiger partial charge >= 0.3 is 0 Å². The molecule has 1 heterocycles. The van der Waals surface area contributed by atoms with Gasteiger partial charge in [0.05, 0.1) is 0 Å². The van der Waals surface area contributed by atoms with Crippen molar-refractivity contribution < 1.29 is 0 Å². The molecule has 0 aromatic carbocycles. The quantitative estimate of drug-likeness (QED) is 0.793. The van der Waals surface area contributed by atoms with Gasteiger partial charge in [-0.15, -0.1) is 0 Å². The Morgan fingerprint density at radius 3 is 2.32 bits per heavy atom. The standard InChI is InChI=1S/C17H32N2/c1-4-12(2)17-11-19(13(3)9-18-17)10-16(14-5-6-14)15-7-8-15/h12-18H,4-11H2,1-3H3. The first-order valence-corrected chi connectivity index (χ1v) is 8.66. The molecule has 1 saturated heterocycles. The van der Waals surface area contributed by atoms with E-state index in [1.165, 1.54) is 51.7 Å². The van der Waals surface area contributed by atoms with Crippen LogP contribution in [0, 0.1) is 23.7 Å². The fourth-order valence-corrected chi connectivity index (χ4v) is 3.87. The van der Waals surface area contributed by atoms with Gasteiger partial charge in [0.1, 0.15) is 0 Å². The van der Waals surface area contributed by atoms with E-state index in [4.69, 9.17) is 0 Å². The number of piperazine rings is 1. The molecule has 3 rings (SSSR count). The highest BCUT2D eigenvalue weighted by atomic mass is 15.2. The number of rotatable bonds is 6. The van der Waals surface area contributed by atoms with Gasteiger partial charge in [-0.1, -0.05) is 20.3 Å². The Bertz CT molecular complexity index is 284. The summed E-state index contributed by atoms with van der Waals surface area (Å²) in [5.74, 6) is 4.04. The fraction of sp³-hybridized carbons (Fsp3) is 1.00. The van der Waals surface area contributed by atoms with Crippen LogP contribution in [0.25, 0.3) is 0 Å². The van der Waals surface area contributed by atoms with Crippen molar-refractivity contribution in [3.8, 4) is 0 Å². The smallest absolute Gasteiger partial charge is 0.0221 e. The van der Waals surface area contributed by atoms with Gasteiger partial charge in [-0.3, -0.25) is 4.90 Å². The molecular formula is C17H32N2. The number of nitrogens with one attached hydrogen (secondary N) is 1. The lowest BCUT2D eigenvalue weighted by Gasteiger charge is -2.42. The largest absolute Gasteiger partial charge is 0.311 e. The second-order valence-corrected chi connectivity index (χ2v) is 7.54. The zero-order chi connectivity index (χ0) is 13.4. The Morgan fingerprint density at radius 1 is 1.16 bits per heavy atom. The van der Waals surface area contributed by atoms with Gasteiger partial charge in [-0.05, 0) is 56.3 Å². The molecule has 2 aliphatic carbocycles. The molecule has 2 heteroatoms. The third-order valence-electron chi connectivity index (χ3n) is 5.96. The van der Waals surface area contributed by atoms with E-state index < -0.39 is 0 Å². The fourth-order valence-electron chi connectivity index (χ4n) is 3.87. The molecule has 1 aliphatic heterocycles. The Hall–Kier alpha value is -0.0800. The highest BCUT2D eigenvalue weighted by Crippen LogP contribution is 2.49. The first-order chi connectivity index (χ1) is 9.19. The predicted octanol–water partition coefficient (Wildman–Crippen LogP) is 3.13. The molecular weight excluding hydrogens is 232 g/mol. The molecule has 19 heavy (non-hydrogen) atoms. The Balaban J connectivity index is 1.57. The van der Waals surface area contributed by atoms with Crippen LogP contribution < -0.4 is 5.32 Å². The van der Waals surface area contributed by atoms with Crippen LogP contribution in [0.3, 0.4) is 0 Å². The summed E-state index contributed by atoms with van der Waals surface area (Å²) in [6.45, 7) is 11.0. The van der Waals surface area contributed by atoms with E-state index in [1.54, 1.807) is 0 Å². The van der Waals surface area contributed by atoms with E-state index in [0.717, 1.165) is 35.8 Å². The monoisotopic (exact) mass is 264 g/mol. The van der Waals surface area contributed by atoms with Crippen molar-refractivity contribution in [1.82, 2.24) is 10.2 Å².